The average molecular weight is 129 g/mol. The molecule has 0 aromatic rings. The molecule has 1 aliphatic heterocycles. The summed E-state index contributed by atoms with van der Waals surface area (Å²) in [4.78, 5) is 10.8. The van der Waals surface area contributed by atoms with E-state index in [9.17, 15) is 4.79 Å². The number of piperidine rings is 1. The number of methoxy groups -OCH3 is 1. The monoisotopic (exact) mass is 129 g/mol. The molecule has 1 saturated heterocycles. The van der Waals surface area contributed by atoms with Gasteiger partial charge in [-0.15, -0.1) is 0 Å². The zero-order valence-corrected chi connectivity index (χ0v) is 5.52. The first-order valence-corrected chi connectivity index (χ1v) is 3.15. The summed E-state index contributed by atoms with van der Waals surface area (Å²) in [6.45, 7) is 0.804. The van der Waals surface area contributed by atoms with Gasteiger partial charge in [0.1, 0.15) is 6.10 Å². The predicted molar refractivity (Wildman–Crippen MR) is 33.0 cm³/mol. The summed E-state index contributed by atoms with van der Waals surface area (Å²) >= 11 is 0. The molecule has 1 atom stereocenters. The molecule has 0 bridgehead atoms. The number of nitrogens with one attached hydrogen (secondary N) is 1. The minimum Gasteiger partial charge on any atom is -0.372 e. The number of hydrogen-bond acceptors (Lipinski definition) is 2. The molecule has 3 heteroatoms. The first-order chi connectivity index (χ1) is 4.34. The van der Waals surface area contributed by atoms with Crippen LogP contribution in [-0.2, 0) is 9.53 Å². The number of carbonyl (C=O) groups is 1. The summed E-state index contributed by atoms with van der Waals surface area (Å²) in [5.74, 6) is 0.0313. The molecule has 9 heavy (non-hydrogen) atoms. The molecule has 0 aliphatic carbocycles. The van der Waals surface area contributed by atoms with Crippen LogP contribution in [-0.4, -0.2) is 25.7 Å². The van der Waals surface area contributed by atoms with Gasteiger partial charge in [0, 0.05) is 13.7 Å². The highest BCUT2D eigenvalue weighted by Gasteiger charge is 2.20. The van der Waals surface area contributed by atoms with Crippen LogP contribution >= 0.6 is 0 Å². The maximum Gasteiger partial charge on any atom is 0.249 e. The fourth-order valence-corrected chi connectivity index (χ4v) is 0.969. The van der Waals surface area contributed by atoms with E-state index in [1.54, 1.807) is 7.11 Å². The second-order valence-electron chi connectivity index (χ2n) is 2.16. The molecule has 0 unspecified atom stereocenters. The van der Waals surface area contributed by atoms with Crippen LogP contribution in [0.4, 0.5) is 0 Å². The van der Waals surface area contributed by atoms with E-state index in [-0.39, 0.29) is 12.0 Å². The van der Waals surface area contributed by atoms with Crippen molar-refractivity contribution in [3.05, 3.63) is 0 Å². The summed E-state index contributed by atoms with van der Waals surface area (Å²) in [5.41, 5.74) is 0. The fraction of sp³-hybridized carbons (Fsp3) is 0.833. The molecule has 1 rings (SSSR count). The van der Waals surface area contributed by atoms with Gasteiger partial charge in [0.2, 0.25) is 5.91 Å². The van der Waals surface area contributed by atoms with Crippen LogP contribution in [0.2, 0.25) is 0 Å². The minimum atomic E-state index is -0.196. The van der Waals surface area contributed by atoms with Gasteiger partial charge >= 0.3 is 0 Å². The third-order valence-electron chi connectivity index (χ3n) is 1.52. The highest BCUT2D eigenvalue weighted by atomic mass is 16.5. The second kappa shape index (κ2) is 2.82. The Hall–Kier alpha value is -0.570. The molecule has 0 radical (unpaired) electrons. The zero-order chi connectivity index (χ0) is 6.69. The van der Waals surface area contributed by atoms with Gasteiger partial charge < -0.3 is 10.1 Å². The number of amides is 1. The molecule has 1 fully saturated rings. The van der Waals surface area contributed by atoms with Crippen molar-refractivity contribution in [2.24, 2.45) is 0 Å². The van der Waals surface area contributed by atoms with Crippen LogP contribution in [0.5, 0.6) is 0 Å². The lowest BCUT2D eigenvalue weighted by Gasteiger charge is -2.19. The molecular weight excluding hydrogens is 118 g/mol. The molecule has 0 spiro atoms. The van der Waals surface area contributed by atoms with E-state index in [1.807, 2.05) is 0 Å². The average Bonchev–Trinajstić information content (AvgIpc) is 1.89. The lowest BCUT2D eigenvalue weighted by Crippen LogP contribution is -2.40. The Morgan fingerprint density at radius 3 is 3.00 bits per heavy atom. The molecule has 1 aliphatic rings. The van der Waals surface area contributed by atoms with Gasteiger partial charge in [-0.2, -0.15) is 0 Å². The van der Waals surface area contributed by atoms with Crippen molar-refractivity contribution >= 4 is 5.91 Å². The fourth-order valence-electron chi connectivity index (χ4n) is 0.969. The largest absolute Gasteiger partial charge is 0.372 e. The third-order valence-corrected chi connectivity index (χ3v) is 1.52. The van der Waals surface area contributed by atoms with Crippen molar-refractivity contribution in [2.75, 3.05) is 13.7 Å². The van der Waals surface area contributed by atoms with E-state index in [0.717, 1.165) is 19.4 Å². The lowest BCUT2D eigenvalue weighted by atomic mass is 10.1. The van der Waals surface area contributed by atoms with E-state index < -0.39 is 0 Å². The molecule has 1 heterocycles. The van der Waals surface area contributed by atoms with Crippen LogP contribution < -0.4 is 5.32 Å². The molecule has 1 N–H and O–H groups in total. The maximum atomic E-state index is 10.8. The Bertz CT molecular complexity index is 114. The summed E-state index contributed by atoms with van der Waals surface area (Å²) in [5, 5.41) is 2.72. The first kappa shape index (κ1) is 6.55. The molecule has 52 valence electrons. The standard InChI is InChI=1S/C6H11NO2/c1-9-5-3-2-4-7-6(5)8/h5H,2-4H2,1H3,(H,7,8)/t5-/m0/s1. The van der Waals surface area contributed by atoms with Crippen LogP contribution in [0.15, 0.2) is 0 Å². The van der Waals surface area contributed by atoms with Crippen molar-refractivity contribution in [1.82, 2.24) is 5.32 Å². The van der Waals surface area contributed by atoms with E-state index in [2.05, 4.69) is 5.32 Å². The Kier molecular flexibility index (Phi) is 2.05. The molecule has 1 amide bonds. The van der Waals surface area contributed by atoms with Gasteiger partial charge in [-0.1, -0.05) is 0 Å². The van der Waals surface area contributed by atoms with Crippen LogP contribution in [0.1, 0.15) is 12.8 Å². The third kappa shape index (κ3) is 1.42. The highest BCUT2D eigenvalue weighted by molar-refractivity contribution is 5.81. The molecule has 0 aromatic carbocycles. The Labute approximate surface area is 54.4 Å². The maximum absolute atomic E-state index is 10.8. The number of hydrogen-bond donors (Lipinski definition) is 1. The number of rotatable bonds is 1. The van der Waals surface area contributed by atoms with Gasteiger partial charge in [0.15, 0.2) is 0 Å². The Morgan fingerprint density at radius 2 is 2.56 bits per heavy atom. The van der Waals surface area contributed by atoms with Crippen molar-refractivity contribution in [1.29, 1.82) is 0 Å². The lowest BCUT2D eigenvalue weighted by molar-refractivity contribution is -0.133. The normalized spacial score (nSPS) is 27.7. The molecule has 0 aromatic heterocycles. The van der Waals surface area contributed by atoms with Crippen LogP contribution in [0.3, 0.4) is 0 Å². The predicted octanol–water partition coefficient (Wildman–Crippen LogP) is -0.0886. The zero-order valence-electron chi connectivity index (χ0n) is 5.52. The van der Waals surface area contributed by atoms with E-state index >= 15 is 0 Å². The summed E-state index contributed by atoms with van der Waals surface area (Å²) in [6, 6.07) is 0. The van der Waals surface area contributed by atoms with Gasteiger partial charge in [-0.25, -0.2) is 0 Å². The quantitative estimate of drug-likeness (QED) is 0.537. The van der Waals surface area contributed by atoms with Gasteiger partial charge in [0.05, 0.1) is 0 Å². The molecule has 0 saturated carbocycles. The highest BCUT2D eigenvalue weighted by Crippen LogP contribution is 2.04. The van der Waals surface area contributed by atoms with Gasteiger partial charge in [-0.05, 0) is 12.8 Å². The van der Waals surface area contributed by atoms with E-state index in [0.29, 0.717) is 0 Å². The minimum absolute atomic E-state index is 0.0313. The van der Waals surface area contributed by atoms with E-state index in [4.69, 9.17) is 4.74 Å². The summed E-state index contributed by atoms with van der Waals surface area (Å²) in [6.07, 6.45) is 1.70. The topological polar surface area (TPSA) is 38.3 Å². The number of ether oxygens (including phenoxy) is 1. The second-order valence-corrected chi connectivity index (χ2v) is 2.16. The van der Waals surface area contributed by atoms with Gasteiger partial charge in [-0.3, -0.25) is 4.79 Å². The van der Waals surface area contributed by atoms with E-state index in [1.165, 1.54) is 0 Å². The van der Waals surface area contributed by atoms with Gasteiger partial charge in [0.25, 0.3) is 0 Å². The summed E-state index contributed by atoms with van der Waals surface area (Å²) in [7, 11) is 1.57. The Balaban J connectivity index is 2.39. The van der Waals surface area contributed by atoms with Crippen molar-refractivity contribution in [3.8, 4) is 0 Å². The van der Waals surface area contributed by atoms with Crippen LogP contribution in [0.25, 0.3) is 0 Å². The number of carbonyl (C=O) groups excluding carboxylic acids is 1. The van der Waals surface area contributed by atoms with Crippen molar-refractivity contribution in [2.45, 2.75) is 18.9 Å². The van der Waals surface area contributed by atoms with Crippen molar-refractivity contribution < 1.29 is 9.53 Å². The Morgan fingerprint density at radius 1 is 1.78 bits per heavy atom. The van der Waals surface area contributed by atoms with Crippen molar-refractivity contribution in [3.63, 3.8) is 0 Å². The smallest absolute Gasteiger partial charge is 0.249 e. The molecular formula is C6H11NO2. The first-order valence-electron chi connectivity index (χ1n) is 3.15. The molecule has 3 nitrogen and oxygen atoms in total. The summed E-state index contributed by atoms with van der Waals surface area (Å²) < 4.78 is 4.89. The van der Waals surface area contributed by atoms with Crippen LogP contribution in [0, 0.1) is 0 Å². The SMILES string of the molecule is CO[C@H]1CCCNC1=O.